The molecule has 1 aromatic carbocycles. The van der Waals surface area contributed by atoms with E-state index in [-0.39, 0.29) is 0 Å². The van der Waals surface area contributed by atoms with E-state index in [1.165, 1.54) is 50.0 Å². The van der Waals surface area contributed by atoms with E-state index in [4.69, 9.17) is 14.2 Å². The first kappa shape index (κ1) is 19.0. The molecule has 0 N–H and O–H groups in total. The van der Waals surface area contributed by atoms with Crippen molar-refractivity contribution in [3.05, 3.63) is 23.3 Å². The number of fused-ring (bicyclic) bond motifs is 1. The van der Waals surface area contributed by atoms with Crippen LogP contribution in [0.15, 0.2) is 12.1 Å². The molecule has 3 heterocycles. The van der Waals surface area contributed by atoms with Gasteiger partial charge in [0.25, 0.3) is 0 Å². The molecule has 0 radical (unpaired) electrons. The predicted molar refractivity (Wildman–Crippen MR) is 107 cm³/mol. The molecule has 4 rings (SSSR count). The third kappa shape index (κ3) is 3.96. The molecule has 3 aliphatic rings. The second-order valence-corrected chi connectivity index (χ2v) is 8.36. The van der Waals surface area contributed by atoms with Crippen LogP contribution in [0.5, 0.6) is 11.5 Å². The van der Waals surface area contributed by atoms with E-state index in [0.29, 0.717) is 12.1 Å². The Morgan fingerprint density at radius 2 is 1.93 bits per heavy atom. The number of benzene rings is 1. The topological polar surface area (TPSA) is 34.2 Å². The van der Waals surface area contributed by atoms with Gasteiger partial charge in [0, 0.05) is 38.3 Å². The largest absolute Gasteiger partial charge is 0.493 e. The van der Waals surface area contributed by atoms with Crippen LogP contribution in [0.3, 0.4) is 0 Å². The average molecular weight is 375 g/mol. The van der Waals surface area contributed by atoms with Crippen molar-refractivity contribution in [2.75, 3.05) is 53.6 Å². The molecule has 2 saturated heterocycles. The van der Waals surface area contributed by atoms with Crippen LogP contribution in [-0.2, 0) is 11.2 Å². The highest BCUT2D eigenvalue weighted by molar-refractivity contribution is 5.49. The minimum Gasteiger partial charge on any atom is -0.493 e. The first-order valence-corrected chi connectivity index (χ1v) is 10.5. The van der Waals surface area contributed by atoms with Gasteiger partial charge in [-0.25, -0.2) is 0 Å². The quantitative estimate of drug-likeness (QED) is 0.791. The number of rotatable bonds is 5. The van der Waals surface area contributed by atoms with Crippen molar-refractivity contribution >= 4 is 0 Å². The minimum absolute atomic E-state index is 0.424. The lowest BCUT2D eigenvalue weighted by Gasteiger charge is -2.45. The predicted octanol–water partition coefficient (Wildman–Crippen LogP) is 3.12. The van der Waals surface area contributed by atoms with Gasteiger partial charge in [-0.05, 0) is 68.3 Å². The van der Waals surface area contributed by atoms with Crippen molar-refractivity contribution in [2.24, 2.45) is 5.92 Å². The molecule has 0 bridgehead atoms. The van der Waals surface area contributed by atoms with Gasteiger partial charge < -0.3 is 19.1 Å². The van der Waals surface area contributed by atoms with Crippen LogP contribution in [-0.4, -0.2) is 69.5 Å². The first-order valence-electron chi connectivity index (χ1n) is 10.5. The Balaban J connectivity index is 1.46. The summed E-state index contributed by atoms with van der Waals surface area (Å²) in [6.45, 7) is 9.05. The summed E-state index contributed by atoms with van der Waals surface area (Å²) in [7, 11) is 3.44. The standard InChI is InChI=1S/C22H34N2O3/c1-16-20-12-22(26-3)21(25-2)11-18(20)6-9-24(16)19-5-4-8-23(14-19)13-17-7-10-27-15-17/h11-12,16-17,19H,4-10,13-15H2,1-3H3/t16-,17-,19+/m0/s1. The fourth-order valence-electron chi connectivity index (χ4n) is 5.22. The van der Waals surface area contributed by atoms with Gasteiger partial charge >= 0.3 is 0 Å². The lowest BCUT2D eigenvalue weighted by atomic mass is 9.90. The van der Waals surface area contributed by atoms with Crippen LogP contribution in [0.25, 0.3) is 0 Å². The first-order chi connectivity index (χ1) is 13.2. The Bertz CT molecular complexity index is 645. The number of piperidine rings is 1. The van der Waals surface area contributed by atoms with E-state index in [1.54, 1.807) is 14.2 Å². The van der Waals surface area contributed by atoms with Gasteiger partial charge in [-0.2, -0.15) is 0 Å². The van der Waals surface area contributed by atoms with Crippen molar-refractivity contribution in [1.82, 2.24) is 9.80 Å². The van der Waals surface area contributed by atoms with Gasteiger partial charge in [-0.1, -0.05) is 0 Å². The molecule has 1 aromatic rings. The number of ether oxygens (including phenoxy) is 3. The van der Waals surface area contributed by atoms with Gasteiger partial charge in [-0.15, -0.1) is 0 Å². The molecule has 0 spiro atoms. The lowest BCUT2D eigenvalue weighted by Crippen LogP contribution is -2.51. The summed E-state index contributed by atoms with van der Waals surface area (Å²) in [6, 6.07) is 5.45. The van der Waals surface area contributed by atoms with E-state index < -0.39 is 0 Å². The Labute approximate surface area is 163 Å². The average Bonchev–Trinajstić information content (AvgIpc) is 3.20. The molecule has 5 nitrogen and oxygen atoms in total. The highest BCUT2D eigenvalue weighted by Gasteiger charge is 2.33. The highest BCUT2D eigenvalue weighted by atomic mass is 16.5. The molecule has 0 saturated carbocycles. The SMILES string of the molecule is COc1cc2c(cc1OC)[C@H](C)N([C@@H]1CCCN(C[C@@H]3CCOC3)C1)CC2. The van der Waals surface area contributed by atoms with Crippen molar-refractivity contribution in [1.29, 1.82) is 0 Å². The van der Waals surface area contributed by atoms with Gasteiger partial charge in [0.2, 0.25) is 0 Å². The number of methoxy groups -OCH3 is 2. The summed E-state index contributed by atoms with van der Waals surface area (Å²) in [5.74, 6) is 2.43. The van der Waals surface area contributed by atoms with Crippen LogP contribution in [0.4, 0.5) is 0 Å². The maximum absolute atomic E-state index is 5.58. The number of nitrogens with zero attached hydrogens (tertiary/aromatic N) is 2. The zero-order valence-corrected chi connectivity index (χ0v) is 17.1. The molecule has 2 fully saturated rings. The zero-order valence-electron chi connectivity index (χ0n) is 17.1. The Kier molecular flexibility index (Phi) is 5.90. The van der Waals surface area contributed by atoms with Crippen LogP contribution >= 0.6 is 0 Å². The Morgan fingerprint density at radius 1 is 1.11 bits per heavy atom. The second-order valence-electron chi connectivity index (χ2n) is 8.36. The minimum atomic E-state index is 0.424. The Hall–Kier alpha value is -1.30. The third-order valence-electron chi connectivity index (χ3n) is 6.72. The number of hydrogen-bond donors (Lipinski definition) is 0. The van der Waals surface area contributed by atoms with E-state index >= 15 is 0 Å². The molecular formula is C22H34N2O3. The molecule has 3 atom stereocenters. The van der Waals surface area contributed by atoms with Crippen molar-refractivity contribution in [3.8, 4) is 11.5 Å². The van der Waals surface area contributed by atoms with Gasteiger partial charge in [0.05, 0.1) is 20.8 Å². The molecule has 5 heteroatoms. The summed E-state index contributed by atoms with van der Waals surface area (Å²) in [5.41, 5.74) is 2.81. The lowest BCUT2D eigenvalue weighted by molar-refractivity contribution is 0.0558. The molecule has 0 aliphatic carbocycles. The summed E-state index contributed by atoms with van der Waals surface area (Å²) < 4.78 is 16.6. The fraction of sp³-hybridized carbons (Fsp3) is 0.727. The molecule has 0 unspecified atom stereocenters. The van der Waals surface area contributed by atoms with Gasteiger partial charge in [0.1, 0.15) is 0 Å². The molecule has 0 amide bonds. The maximum Gasteiger partial charge on any atom is 0.161 e. The fourth-order valence-corrected chi connectivity index (χ4v) is 5.22. The highest BCUT2D eigenvalue weighted by Crippen LogP contribution is 2.39. The molecule has 0 aromatic heterocycles. The molecular weight excluding hydrogens is 340 g/mol. The van der Waals surface area contributed by atoms with E-state index in [0.717, 1.165) is 43.6 Å². The van der Waals surface area contributed by atoms with E-state index in [9.17, 15) is 0 Å². The maximum atomic E-state index is 5.58. The van der Waals surface area contributed by atoms with Gasteiger partial charge in [0.15, 0.2) is 11.5 Å². The van der Waals surface area contributed by atoms with Gasteiger partial charge in [-0.3, -0.25) is 4.90 Å². The van der Waals surface area contributed by atoms with Crippen molar-refractivity contribution < 1.29 is 14.2 Å². The van der Waals surface area contributed by atoms with Crippen molar-refractivity contribution in [3.63, 3.8) is 0 Å². The molecule has 3 aliphatic heterocycles. The van der Waals surface area contributed by atoms with Crippen molar-refractivity contribution in [2.45, 2.75) is 44.7 Å². The van der Waals surface area contributed by atoms with E-state index in [1.807, 2.05) is 0 Å². The smallest absolute Gasteiger partial charge is 0.161 e. The molecule has 27 heavy (non-hydrogen) atoms. The number of hydrogen-bond acceptors (Lipinski definition) is 5. The van der Waals surface area contributed by atoms with Crippen LogP contribution in [0.1, 0.15) is 43.4 Å². The zero-order chi connectivity index (χ0) is 18.8. The third-order valence-corrected chi connectivity index (χ3v) is 6.72. The molecule has 150 valence electrons. The van der Waals surface area contributed by atoms with Crippen LogP contribution in [0.2, 0.25) is 0 Å². The normalized spacial score (nSPS) is 29.5. The second kappa shape index (κ2) is 8.38. The van der Waals surface area contributed by atoms with E-state index in [2.05, 4.69) is 28.9 Å². The van der Waals surface area contributed by atoms with Crippen LogP contribution < -0.4 is 9.47 Å². The summed E-state index contributed by atoms with van der Waals surface area (Å²) in [5, 5.41) is 0. The monoisotopic (exact) mass is 374 g/mol. The summed E-state index contributed by atoms with van der Waals surface area (Å²) in [4.78, 5) is 5.41. The Morgan fingerprint density at radius 3 is 2.67 bits per heavy atom. The number of likely N-dealkylation sites (tertiary alicyclic amines) is 1. The van der Waals surface area contributed by atoms with Crippen LogP contribution in [0, 0.1) is 5.92 Å². The summed E-state index contributed by atoms with van der Waals surface area (Å²) in [6.07, 6.45) is 4.94. The summed E-state index contributed by atoms with van der Waals surface area (Å²) >= 11 is 0.